The van der Waals surface area contributed by atoms with E-state index >= 15 is 0 Å². The zero-order valence-corrected chi connectivity index (χ0v) is 23.7. The van der Waals surface area contributed by atoms with E-state index in [0.29, 0.717) is 35.7 Å². The monoisotopic (exact) mass is 504 g/mol. The minimum Gasteiger partial charge on any atom is -0.376 e. The molecule has 0 bridgehead atoms. The standard InChI is InChI=1S/C33H44O4/c1-18(2)31(34)33(36)30-22(6)13-25-16-29(37-7)28(17-27(25)30)32(35)26-14-20(4)24(12-21(26)5)15-23-10-8-19(3)9-11-23/h8-10,16-18,20-21,23-24,26,28-29H,11-15H2,1-7H3/t20?,21-,23?,24?,26?,28?,29?/m1/s1. The zero-order valence-electron chi connectivity index (χ0n) is 23.7. The maximum Gasteiger partial charge on any atom is 0.229 e. The Morgan fingerprint density at radius 1 is 1.05 bits per heavy atom. The predicted molar refractivity (Wildman–Crippen MR) is 148 cm³/mol. The first-order chi connectivity index (χ1) is 17.5. The van der Waals surface area contributed by atoms with Crippen molar-refractivity contribution in [1.29, 1.82) is 0 Å². The number of Topliss-reactive ketones (excluding diaryl/α,β-unsaturated/α-hetero) is 3. The van der Waals surface area contributed by atoms with E-state index in [1.54, 1.807) is 21.0 Å². The van der Waals surface area contributed by atoms with Crippen LogP contribution >= 0.6 is 0 Å². The molecule has 0 aromatic carbocycles. The fraction of sp³-hybridized carbons (Fsp3) is 0.606. The Morgan fingerprint density at radius 3 is 2.41 bits per heavy atom. The van der Waals surface area contributed by atoms with Crippen LogP contribution < -0.4 is 0 Å². The molecule has 0 aromatic heterocycles. The Kier molecular flexibility index (Phi) is 8.38. The average Bonchev–Trinajstić information content (AvgIpc) is 3.19. The third-order valence-corrected chi connectivity index (χ3v) is 9.28. The van der Waals surface area contributed by atoms with Crippen LogP contribution in [0.3, 0.4) is 0 Å². The Hall–Kier alpha value is -2.33. The van der Waals surface area contributed by atoms with E-state index in [-0.39, 0.29) is 29.5 Å². The highest BCUT2D eigenvalue weighted by Crippen LogP contribution is 2.46. The van der Waals surface area contributed by atoms with Crippen molar-refractivity contribution in [2.75, 3.05) is 7.11 Å². The molecule has 37 heavy (non-hydrogen) atoms. The summed E-state index contributed by atoms with van der Waals surface area (Å²) in [7, 11) is 1.65. The molecule has 4 rings (SSSR count). The number of ketones is 3. The number of fused-ring (bicyclic) bond motifs is 1. The molecule has 0 aromatic rings. The molecule has 0 saturated heterocycles. The summed E-state index contributed by atoms with van der Waals surface area (Å²) in [5.74, 6) is 0.646. The number of allylic oxidation sites excluding steroid dienone is 8. The van der Waals surface area contributed by atoms with Crippen LogP contribution in [0.25, 0.3) is 0 Å². The van der Waals surface area contributed by atoms with E-state index in [1.807, 2.05) is 19.1 Å². The van der Waals surface area contributed by atoms with Gasteiger partial charge in [0, 0.05) is 24.5 Å². The largest absolute Gasteiger partial charge is 0.376 e. The highest BCUT2D eigenvalue weighted by molar-refractivity contribution is 6.45. The van der Waals surface area contributed by atoms with E-state index < -0.39 is 11.7 Å². The lowest BCUT2D eigenvalue weighted by atomic mass is 9.63. The summed E-state index contributed by atoms with van der Waals surface area (Å²) >= 11 is 0. The molecule has 4 nitrogen and oxygen atoms in total. The van der Waals surface area contributed by atoms with Gasteiger partial charge in [-0.25, -0.2) is 0 Å². The van der Waals surface area contributed by atoms with Crippen molar-refractivity contribution >= 4 is 17.3 Å². The molecule has 7 atom stereocenters. The van der Waals surface area contributed by atoms with Gasteiger partial charge >= 0.3 is 0 Å². The van der Waals surface area contributed by atoms with E-state index in [0.717, 1.165) is 36.0 Å². The van der Waals surface area contributed by atoms with Gasteiger partial charge in [0.15, 0.2) is 0 Å². The number of carbonyl (C=O) groups is 3. The molecular weight excluding hydrogens is 460 g/mol. The molecule has 4 aliphatic carbocycles. The first-order valence-corrected chi connectivity index (χ1v) is 14.1. The molecule has 0 heterocycles. The van der Waals surface area contributed by atoms with Gasteiger partial charge in [0.2, 0.25) is 11.6 Å². The Labute approximate surface area is 223 Å². The lowest BCUT2D eigenvalue weighted by Gasteiger charge is -2.41. The first-order valence-electron chi connectivity index (χ1n) is 14.1. The maximum absolute atomic E-state index is 14.1. The molecule has 0 aliphatic heterocycles. The second kappa shape index (κ2) is 11.2. The molecule has 6 unspecified atom stereocenters. The van der Waals surface area contributed by atoms with Crippen LogP contribution in [0.2, 0.25) is 0 Å². The fourth-order valence-corrected chi connectivity index (χ4v) is 6.94. The van der Waals surface area contributed by atoms with Crippen molar-refractivity contribution in [2.45, 2.75) is 79.8 Å². The van der Waals surface area contributed by atoms with Gasteiger partial charge in [0.25, 0.3) is 0 Å². The van der Waals surface area contributed by atoms with Gasteiger partial charge in [-0.1, -0.05) is 69.2 Å². The normalized spacial score (nSPS) is 33.6. The quantitative estimate of drug-likeness (QED) is 0.342. The van der Waals surface area contributed by atoms with Gasteiger partial charge in [-0.2, -0.15) is 0 Å². The molecule has 200 valence electrons. The van der Waals surface area contributed by atoms with Gasteiger partial charge in [0.1, 0.15) is 5.78 Å². The minimum absolute atomic E-state index is 0.0207. The maximum atomic E-state index is 14.1. The van der Waals surface area contributed by atoms with Crippen molar-refractivity contribution in [3.8, 4) is 0 Å². The van der Waals surface area contributed by atoms with Crippen LogP contribution in [0.4, 0.5) is 0 Å². The predicted octanol–water partition coefficient (Wildman–Crippen LogP) is 6.78. The van der Waals surface area contributed by atoms with Crippen molar-refractivity contribution < 1.29 is 19.1 Å². The third-order valence-electron chi connectivity index (χ3n) is 9.28. The van der Waals surface area contributed by atoms with E-state index in [2.05, 4.69) is 39.0 Å². The summed E-state index contributed by atoms with van der Waals surface area (Å²) in [6.07, 6.45) is 15.5. The lowest BCUT2D eigenvalue weighted by molar-refractivity contribution is -0.136. The zero-order chi connectivity index (χ0) is 27.0. The molecule has 4 heteroatoms. The van der Waals surface area contributed by atoms with E-state index in [9.17, 15) is 14.4 Å². The van der Waals surface area contributed by atoms with Crippen LogP contribution in [-0.4, -0.2) is 30.6 Å². The fourth-order valence-electron chi connectivity index (χ4n) is 6.94. The van der Waals surface area contributed by atoms with Crippen LogP contribution in [-0.2, 0) is 19.1 Å². The van der Waals surface area contributed by atoms with Crippen molar-refractivity contribution in [2.24, 2.45) is 41.4 Å². The van der Waals surface area contributed by atoms with Gasteiger partial charge in [-0.15, -0.1) is 0 Å². The van der Waals surface area contributed by atoms with Crippen LogP contribution in [0.1, 0.15) is 73.6 Å². The number of methoxy groups -OCH3 is 1. The third kappa shape index (κ3) is 5.60. The van der Waals surface area contributed by atoms with Crippen molar-refractivity contribution in [3.63, 3.8) is 0 Å². The van der Waals surface area contributed by atoms with E-state index in [1.165, 1.54) is 12.0 Å². The highest BCUT2D eigenvalue weighted by Gasteiger charge is 2.43. The molecule has 4 aliphatic rings. The Bertz CT molecular complexity index is 1110. The van der Waals surface area contributed by atoms with Crippen LogP contribution in [0, 0.1) is 41.4 Å². The number of hydrogen-bond acceptors (Lipinski definition) is 4. The molecule has 0 N–H and O–H groups in total. The van der Waals surface area contributed by atoms with Crippen LogP contribution in [0.15, 0.2) is 58.2 Å². The molecule has 0 spiro atoms. The summed E-state index contributed by atoms with van der Waals surface area (Å²) in [6.45, 7) is 12.1. The van der Waals surface area contributed by atoms with Crippen LogP contribution in [0.5, 0.6) is 0 Å². The topological polar surface area (TPSA) is 60.4 Å². The molecular formula is C33H44O4. The summed E-state index contributed by atoms with van der Waals surface area (Å²) in [5, 5.41) is 0. The second-order valence-corrected chi connectivity index (χ2v) is 12.4. The van der Waals surface area contributed by atoms with E-state index in [4.69, 9.17) is 4.74 Å². The Balaban J connectivity index is 1.52. The minimum atomic E-state index is -0.433. The Morgan fingerprint density at radius 2 is 1.78 bits per heavy atom. The van der Waals surface area contributed by atoms with Gasteiger partial charge in [-0.05, 0) is 80.8 Å². The summed E-state index contributed by atoms with van der Waals surface area (Å²) in [4.78, 5) is 39.7. The SMILES string of the molecule is COC1C=C2CC(C)=C(C(=O)C(=O)C(C)C)C2=CC1C(=O)C1CC(C)C(CC2C=CC(C)=CC2)C[C@H]1C. The molecule has 1 saturated carbocycles. The van der Waals surface area contributed by atoms with Crippen molar-refractivity contribution in [3.05, 3.63) is 58.2 Å². The average molecular weight is 505 g/mol. The number of rotatable bonds is 8. The molecule has 1 fully saturated rings. The first kappa shape index (κ1) is 27.7. The smallest absolute Gasteiger partial charge is 0.229 e. The second-order valence-electron chi connectivity index (χ2n) is 12.4. The number of hydrogen-bond donors (Lipinski definition) is 0. The van der Waals surface area contributed by atoms with Gasteiger partial charge in [-0.3, -0.25) is 14.4 Å². The lowest BCUT2D eigenvalue weighted by Crippen LogP contribution is -2.41. The molecule has 0 amide bonds. The number of ether oxygens (including phenoxy) is 1. The number of carbonyl (C=O) groups excluding carboxylic acids is 3. The highest BCUT2D eigenvalue weighted by atomic mass is 16.5. The summed E-state index contributed by atoms with van der Waals surface area (Å²) in [6, 6.07) is 0. The summed E-state index contributed by atoms with van der Waals surface area (Å²) < 4.78 is 5.81. The van der Waals surface area contributed by atoms with Gasteiger partial charge in [0.05, 0.1) is 12.0 Å². The van der Waals surface area contributed by atoms with Gasteiger partial charge < -0.3 is 4.74 Å². The summed E-state index contributed by atoms with van der Waals surface area (Å²) in [5.41, 5.74) is 4.55. The molecule has 0 radical (unpaired) electrons. The van der Waals surface area contributed by atoms with Crippen molar-refractivity contribution in [1.82, 2.24) is 0 Å².